The second-order valence-electron chi connectivity index (χ2n) is 5.29. The van der Waals surface area contributed by atoms with Gasteiger partial charge in [0.1, 0.15) is 5.75 Å². The molecule has 0 bridgehead atoms. The van der Waals surface area contributed by atoms with E-state index in [-0.39, 0.29) is 12.1 Å². The molecule has 6 nitrogen and oxygen atoms in total. The molecule has 106 valence electrons. The van der Waals surface area contributed by atoms with E-state index in [1.165, 1.54) is 31.9 Å². The molecule has 0 atom stereocenters. The molecule has 1 N–H and O–H groups in total. The van der Waals surface area contributed by atoms with Crippen molar-refractivity contribution in [3.63, 3.8) is 0 Å². The summed E-state index contributed by atoms with van der Waals surface area (Å²) in [5.74, 6) is -1.86. The van der Waals surface area contributed by atoms with E-state index in [1.54, 1.807) is 12.1 Å². The maximum Gasteiger partial charge on any atom is 0.310 e. The number of rotatable bonds is 4. The van der Waals surface area contributed by atoms with Crippen LogP contribution in [0.1, 0.15) is 24.2 Å². The highest BCUT2D eigenvalue weighted by Gasteiger charge is 2.41. The van der Waals surface area contributed by atoms with Gasteiger partial charge in [-0.25, -0.2) is 0 Å². The van der Waals surface area contributed by atoms with Gasteiger partial charge >= 0.3 is 5.97 Å². The Morgan fingerprint density at radius 1 is 1.35 bits per heavy atom. The molecule has 1 heterocycles. The zero-order chi connectivity index (χ0) is 15.1. The summed E-state index contributed by atoms with van der Waals surface area (Å²) in [6.07, 6.45) is 0. The summed E-state index contributed by atoms with van der Waals surface area (Å²) in [5, 5.41) is 9.15. The molecule has 0 fully saturated rings. The number of carboxylic acids is 1. The van der Waals surface area contributed by atoms with Gasteiger partial charge in [-0.2, -0.15) is 0 Å². The molecule has 1 aromatic rings. The number of carbonyl (C=O) groups is 3. The smallest absolute Gasteiger partial charge is 0.310 e. The van der Waals surface area contributed by atoms with Crippen LogP contribution in [0.4, 0.5) is 5.69 Å². The van der Waals surface area contributed by atoms with Crippen LogP contribution in [0, 0.1) is 5.41 Å². The molecule has 1 amide bonds. The molecule has 1 aliphatic rings. The van der Waals surface area contributed by atoms with E-state index in [4.69, 9.17) is 9.84 Å². The fourth-order valence-corrected chi connectivity index (χ4v) is 2.02. The van der Waals surface area contributed by atoms with Gasteiger partial charge < -0.3 is 14.7 Å². The summed E-state index contributed by atoms with van der Waals surface area (Å²) >= 11 is 0. The van der Waals surface area contributed by atoms with Crippen molar-refractivity contribution in [3.05, 3.63) is 23.8 Å². The Kier molecular flexibility index (Phi) is 3.25. The third kappa shape index (κ3) is 2.13. The predicted octanol–water partition coefficient (Wildman–Crippen LogP) is 1.34. The number of anilines is 1. The molecule has 2 rings (SSSR count). The summed E-state index contributed by atoms with van der Waals surface area (Å²) < 4.78 is 5.07. The van der Waals surface area contributed by atoms with E-state index in [0.29, 0.717) is 11.4 Å². The molecular formula is C14H15NO5. The van der Waals surface area contributed by atoms with Crippen LogP contribution >= 0.6 is 0 Å². The lowest BCUT2D eigenvalue weighted by atomic mass is 9.93. The number of ether oxygens (including phenoxy) is 1. The van der Waals surface area contributed by atoms with E-state index < -0.39 is 23.1 Å². The van der Waals surface area contributed by atoms with Crippen LogP contribution in [0.2, 0.25) is 0 Å². The normalized spacial score (nSPS) is 14.4. The molecule has 6 heteroatoms. The number of carbonyl (C=O) groups excluding carboxylic acids is 2. The summed E-state index contributed by atoms with van der Waals surface area (Å²) in [4.78, 5) is 36.3. The Morgan fingerprint density at radius 2 is 2.00 bits per heavy atom. The Labute approximate surface area is 115 Å². The quantitative estimate of drug-likeness (QED) is 0.839. The summed E-state index contributed by atoms with van der Waals surface area (Å²) in [6, 6.07) is 4.67. The number of methoxy groups -OCH3 is 1. The first-order valence-electron chi connectivity index (χ1n) is 6.05. The molecule has 1 aliphatic heterocycles. The highest BCUT2D eigenvalue weighted by Crippen LogP contribution is 2.34. The van der Waals surface area contributed by atoms with Crippen molar-refractivity contribution in [3.8, 4) is 5.75 Å². The van der Waals surface area contributed by atoms with Crippen LogP contribution in [0.25, 0.3) is 0 Å². The standard InChI is InChI=1S/C14H15NO5/c1-14(2,13(18)19)7-15-10-6-8(20-3)4-5-9(10)11(16)12(15)17/h4-6H,7H2,1-3H3,(H,18,19). The first kappa shape index (κ1) is 14.0. The lowest BCUT2D eigenvalue weighted by Gasteiger charge is -2.26. The maximum atomic E-state index is 12.0. The van der Waals surface area contributed by atoms with Gasteiger partial charge in [-0.3, -0.25) is 14.4 Å². The topological polar surface area (TPSA) is 83.9 Å². The molecular weight excluding hydrogens is 262 g/mol. The van der Waals surface area contributed by atoms with Gasteiger partial charge in [0.25, 0.3) is 11.7 Å². The van der Waals surface area contributed by atoms with E-state index in [0.717, 1.165) is 0 Å². The Hall–Kier alpha value is -2.37. The number of ketones is 1. The minimum atomic E-state index is -1.15. The van der Waals surface area contributed by atoms with E-state index >= 15 is 0 Å². The molecule has 0 unspecified atom stereocenters. The number of Topliss-reactive ketones (excluding diaryl/α,β-unsaturated/α-hetero) is 1. The summed E-state index contributed by atoms with van der Waals surface area (Å²) in [7, 11) is 1.48. The number of hydrogen-bond donors (Lipinski definition) is 1. The molecule has 0 spiro atoms. The van der Waals surface area contributed by atoms with Gasteiger partial charge in [-0.15, -0.1) is 0 Å². The molecule has 0 saturated heterocycles. The van der Waals surface area contributed by atoms with Gasteiger partial charge in [0.2, 0.25) is 0 Å². The Balaban J connectivity index is 2.44. The lowest BCUT2D eigenvalue weighted by molar-refractivity contribution is -0.146. The van der Waals surface area contributed by atoms with Crippen molar-refractivity contribution in [2.75, 3.05) is 18.6 Å². The van der Waals surface area contributed by atoms with Crippen molar-refractivity contribution < 1.29 is 24.2 Å². The van der Waals surface area contributed by atoms with Gasteiger partial charge in [0, 0.05) is 12.6 Å². The van der Waals surface area contributed by atoms with Crippen LogP contribution in [-0.4, -0.2) is 36.4 Å². The monoisotopic (exact) mass is 277 g/mol. The van der Waals surface area contributed by atoms with Gasteiger partial charge in [-0.05, 0) is 26.0 Å². The van der Waals surface area contributed by atoms with Gasteiger partial charge in [0.05, 0.1) is 23.8 Å². The minimum Gasteiger partial charge on any atom is -0.497 e. The van der Waals surface area contributed by atoms with Crippen molar-refractivity contribution in [1.82, 2.24) is 0 Å². The van der Waals surface area contributed by atoms with E-state index in [2.05, 4.69) is 0 Å². The number of carboxylic acid groups (broad SMARTS) is 1. The molecule has 1 aromatic carbocycles. The zero-order valence-corrected chi connectivity index (χ0v) is 11.5. The SMILES string of the molecule is COc1ccc2c(c1)N(CC(C)(C)C(=O)O)C(=O)C2=O. The van der Waals surface area contributed by atoms with Crippen LogP contribution in [0.3, 0.4) is 0 Å². The Bertz CT molecular complexity index is 606. The summed E-state index contributed by atoms with van der Waals surface area (Å²) in [5.41, 5.74) is -0.480. The van der Waals surface area contributed by atoms with Gasteiger partial charge in [0.15, 0.2) is 0 Å². The number of aliphatic carboxylic acids is 1. The Morgan fingerprint density at radius 3 is 2.55 bits per heavy atom. The minimum absolute atomic E-state index is 0.0763. The first-order chi connectivity index (χ1) is 9.27. The third-order valence-corrected chi connectivity index (χ3v) is 3.31. The fraction of sp³-hybridized carbons (Fsp3) is 0.357. The first-order valence-corrected chi connectivity index (χ1v) is 6.05. The molecule has 0 aliphatic carbocycles. The maximum absolute atomic E-state index is 12.0. The van der Waals surface area contributed by atoms with Crippen LogP contribution in [0.15, 0.2) is 18.2 Å². The second-order valence-corrected chi connectivity index (χ2v) is 5.29. The van der Waals surface area contributed by atoms with Crippen molar-refractivity contribution in [2.24, 2.45) is 5.41 Å². The average molecular weight is 277 g/mol. The van der Waals surface area contributed by atoms with Crippen LogP contribution in [-0.2, 0) is 9.59 Å². The van der Waals surface area contributed by atoms with Crippen molar-refractivity contribution in [1.29, 1.82) is 0 Å². The van der Waals surface area contributed by atoms with E-state index in [9.17, 15) is 14.4 Å². The number of fused-ring (bicyclic) bond motifs is 1. The number of hydrogen-bond acceptors (Lipinski definition) is 4. The number of amides is 1. The second kappa shape index (κ2) is 4.63. The zero-order valence-electron chi connectivity index (χ0n) is 11.5. The largest absolute Gasteiger partial charge is 0.497 e. The average Bonchev–Trinajstić information content (AvgIpc) is 2.63. The van der Waals surface area contributed by atoms with Crippen molar-refractivity contribution >= 4 is 23.3 Å². The number of nitrogens with zero attached hydrogens (tertiary/aromatic N) is 1. The molecule has 20 heavy (non-hydrogen) atoms. The fourth-order valence-electron chi connectivity index (χ4n) is 2.02. The predicted molar refractivity (Wildman–Crippen MR) is 71.1 cm³/mol. The summed E-state index contributed by atoms with van der Waals surface area (Å²) in [6.45, 7) is 2.93. The third-order valence-electron chi connectivity index (χ3n) is 3.31. The van der Waals surface area contributed by atoms with Crippen molar-refractivity contribution in [2.45, 2.75) is 13.8 Å². The molecule has 0 aromatic heterocycles. The van der Waals surface area contributed by atoms with Gasteiger partial charge in [-0.1, -0.05) is 0 Å². The van der Waals surface area contributed by atoms with Crippen LogP contribution < -0.4 is 9.64 Å². The molecule has 0 radical (unpaired) electrons. The number of benzene rings is 1. The highest BCUT2D eigenvalue weighted by molar-refractivity contribution is 6.52. The molecule has 0 saturated carbocycles. The highest BCUT2D eigenvalue weighted by atomic mass is 16.5. The van der Waals surface area contributed by atoms with Crippen LogP contribution in [0.5, 0.6) is 5.75 Å². The lowest BCUT2D eigenvalue weighted by Crippen LogP contribution is -2.41. The van der Waals surface area contributed by atoms with E-state index in [1.807, 2.05) is 0 Å².